The van der Waals surface area contributed by atoms with E-state index in [0.717, 1.165) is 6.42 Å². The molecule has 0 aromatic rings. The van der Waals surface area contributed by atoms with E-state index in [1.807, 2.05) is 0 Å². The van der Waals surface area contributed by atoms with Crippen molar-refractivity contribution in [2.45, 2.75) is 44.9 Å². The molecule has 1 aliphatic rings. The normalized spacial score (nSPS) is 19.5. The van der Waals surface area contributed by atoms with Gasteiger partial charge in [0, 0.05) is 6.61 Å². The molecule has 0 bridgehead atoms. The standard InChI is InChI=1S/C10H19IO/c11-8-2-1-4-10(6-7-10)5-3-9-12/h12H,1-9H2. The zero-order valence-corrected chi connectivity index (χ0v) is 9.85. The first kappa shape index (κ1) is 10.8. The van der Waals surface area contributed by atoms with E-state index in [4.69, 9.17) is 5.11 Å². The monoisotopic (exact) mass is 282 g/mol. The summed E-state index contributed by atoms with van der Waals surface area (Å²) >= 11 is 2.45. The summed E-state index contributed by atoms with van der Waals surface area (Å²) < 4.78 is 1.30. The zero-order valence-electron chi connectivity index (χ0n) is 7.69. The minimum Gasteiger partial charge on any atom is -0.396 e. The third-order valence-corrected chi connectivity index (χ3v) is 3.68. The van der Waals surface area contributed by atoms with Gasteiger partial charge in [-0.1, -0.05) is 29.0 Å². The quantitative estimate of drug-likeness (QED) is 0.432. The van der Waals surface area contributed by atoms with Crippen molar-refractivity contribution in [1.29, 1.82) is 0 Å². The van der Waals surface area contributed by atoms with E-state index < -0.39 is 0 Å². The summed E-state index contributed by atoms with van der Waals surface area (Å²) in [6, 6.07) is 0. The molecule has 1 aliphatic carbocycles. The highest BCUT2D eigenvalue weighted by atomic mass is 127. The smallest absolute Gasteiger partial charge is 0.0431 e. The molecule has 0 spiro atoms. The summed E-state index contributed by atoms with van der Waals surface area (Å²) in [6.45, 7) is 0.383. The number of alkyl halides is 1. The molecule has 1 N–H and O–H groups in total. The van der Waals surface area contributed by atoms with Crippen LogP contribution in [0, 0.1) is 5.41 Å². The molecular formula is C10H19IO. The van der Waals surface area contributed by atoms with Gasteiger partial charge in [-0.15, -0.1) is 0 Å². The van der Waals surface area contributed by atoms with Crippen LogP contribution in [0.3, 0.4) is 0 Å². The Bertz CT molecular complexity index is 121. The molecule has 1 rings (SSSR count). The topological polar surface area (TPSA) is 20.2 Å². The molecule has 12 heavy (non-hydrogen) atoms. The van der Waals surface area contributed by atoms with Crippen LogP contribution < -0.4 is 0 Å². The summed E-state index contributed by atoms with van der Waals surface area (Å²) in [6.07, 6.45) is 9.32. The van der Waals surface area contributed by atoms with Crippen LogP contribution in [0.5, 0.6) is 0 Å². The number of aliphatic hydroxyl groups excluding tert-OH is 1. The van der Waals surface area contributed by atoms with Crippen molar-refractivity contribution in [2.75, 3.05) is 11.0 Å². The van der Waals surface area contributed by atoms with E-state index in [0.29, 0.717) is 12.0 Å². The second-order valence-corrected chi connectivity index (χ2v) is 5.05. The van der Waals surface area contributed by atoms with Gasteiger partial charge in [0.05, 0.1) is 0 Å². The summed E-state index contributed by atoms with van der Waals surface area (Å²) in [5.74, 6) is 0. The van der Waals surface area contributed by atoms with Crippen LogP contribution in [0.4, 0.5) is 0 Å². The molecule has 2 heteroatoms. The molecule has 72 valence electrons. The average molecular weight is 282 g/mol. The fraction of sp³-hybridized carbons (Fsp3) is 1.00. The maximum atomic E-state index is 8.73. The van der Waals surface area contributed by atoms with E-state index >= 15 is 0 Å². The van der Waals surface area contributed by atoms with E-state index in [1.165, 1.54) is 43.0 Å². The lowest BCUT2D eigenvalue weighted by Crippen LogP contribution is -2.01. The average Bonchev–Trinajstić information content (AvgIpc) is 2.83. The number of hydrogen-bond donors (Lipinski definition) is 1. The van der Waals surface area contributed by atoms with Gasteiger partial charge in [-0.25, -0.2) is 0 Å². The Balaban J connectivity index is 2.04. The van der Waals surface area contributed by atoms with Crippen LogP contribution in [-0.4, -0.2) is 16.1 Å². The van der Waals surface area contributed by atoms with Gasteiger partial charge in [-0.05, 0) is 48.4 Å². The van der Waals surface area contributed by atoms with Gasteiger partial charge < -0.3 is 5.11 Å². The Labute approximate surface area is 89.1 Å². The van der Waals surface area contributed by atoms with Gasteiger partial charge in [-0.3, -0.25) is 0 Å². The van der Waals surface area contributed by atoms with Crippen LogP contribution in [0.15, 0.2) is 0 Å². The van der Waals surface area contributed by atoms with Gasteiger partial charge in [-0.2, -0.15) is 0 Å². The number of hydrogen-bond acceptors (Lipinski definition) is 1. The van der Waals surface area contributed by atoms with E-state index in [1.54, 1.807) is 0 Å². The third-order valence-electron chi connectivity index (χ3n) is 2.91. The Morgan fingerprint density at radius 1 is 1.08 bits per heavy atom. The van der Waals surface area contributed by atoms with Crippen molar-refractivity contribution >= 4 is 22.6 Å². The lowest BCUT2D eigenvalue weighted by molar-refractivity contribution is 0.262. The number of aliphatic hydroxyl groups is 1. The van der Waals surface area contributed by atoms with Gasteiger partial charge in [0.2, 0.25) is 0 Å². The lowest BCUT2D eigenvalue weighted by Gasteiger charge is -2.13. The fourth-order valence-corrected chi connectivity index (χ4v) is 2.39. The molecule has 0 heterocycles. The summed E-state index contributed by atoms with van der Waals surface area (Å²) in [4.78, 5) is 0. The molecule has 0 saturated heterocycles. The Hall–Kier alpha value is 0.690. The van der Waals surface area contributed by atoms with Crippen LogP contribution in [0.25, 0.3) is 0 Å². The summed E-state index contributed by atoms with van der Waals surface area (Å²) in [5, 5.41) is 8.73. The second kappa shape index (κ2) is 5.43. The second-order valence-electron chi connectivity index (χ2n) is 3.97. The van der Waals surface area contributed by atoms with Crippen LogP contribution in [-0.2, 0) is 0 Å². The lowest BCUT2D eigenvalue weighted by atomic mass is 9.94. The van der Waals surface area contributed by atoms with Gasteiger partial charge in [0.1, 0.15) is 0 Å². The van der Waals surface area contributed by atoms with Crippen LogP contribution in [0.1, 0.15) is 44.9 Å². The first-order valence-corrected chi connectivity index (χ1v) is 6.52. The first-order valence-electron chi connectivity index (χ1n) is 5.00. The van der Waals surface area contributed by atoms with E-state index in [2.05, 4.69) is 22.6 Å². The van der Waals surface area contributed by atoms with Crippen molar-refractivity contribution in [3.63, 3.8) is 0 Å². The maximum absolute atomic E-state index is 8.73. The molecule has 0 atom stereocenters. The van der Waals surface area contributed by atoms with Gasteiger partial charge in [0.25, 0.3) is 0 Å². The van der Waals surface area contributed by atoms with Crippen molar-refractivity contribution in [1.82, 2.24) is 0 Å². The van der Waals surface area contributed by atoms with E-state index in [9.17, 15) is 0 Å². The minimum atomic E-state index is 0.383. The number of unbranched alkanes of at least 4 members (excludes halogenated alkanes) is 1. The molecule has 0 unspecified atom stereocenters. The van der Waals surface area contributed by atoms with Crippen molar-refractivity contribution < 1.29 is 5.11 Å². The summed E-state index contributed by atoms with van der Waals surface area (Å²) in [5.41, 5.74) is 0.689. The third kappa shape index (κ3) is 3.60. The van der Waals surface area contributed by atoms with E-state index in [-0.39, 0.29) is 0 Å². The molecule has 1 fully saturated rings. The molecule has 0 radical (unpaired) electrons. The molecule has 0 aromatic carbocycles. The predicted molar refractivity (Wildman–Crippen MR) is 60.7 cm³/mol. The number of halogens is 1. The minimum absolute atomic E-state index is 0.383. The largest absolute Gasteiger partial charge is 0.396 e. The Morgan fingerprint density at radius 2 is 1.75 bits per heavy atom. The SMILES string of the molecule is OCCCC1(CCCCI)CC1. The molecule has 0 aromatic heterocycles. The van der Waals surface area contributed by atoms with Crippen molar-refractivity contribution in [3.8, 4) is 0 Å². The molecule has 0 amide bonds. The zero-order chi connectivity index (χ0) is 8.86. The summed E-state index contributed by atoms with van der Waals surface area (Å²) in [7, 11) is 0. The van der Waals surface area contributed by atoms with Crippen molar-refractivity contribution in [2.24, 2.45) is 5.41 Å². The maximum Gasteiger partial charge on any atom is 0.0431 e. The van der Waals surface area contributed by atoms with Crippen LogP contribution >= 0.6 is 22.6 Å². The van der Waals surface area contributed by atoms with Gasteiger partial charge in [0.15, 0.2) is 0 Å². The molecule has 1 nitrogen and oxygen atoms in total. The highest BCUT2D eigenvalue weighted by Crippen LogP contribution is 2.53. The Kier molecular flexibility index (Phi) is 4.87. The highest BCUT2D eigenvalue weighted by Gasteiger charge is 2.40. The van der Waals surface area contributed by atoms with Crippen LogP contribution in [0.2, 0.25) is 0 Å². The fourth-order valence-electron chi connectivity index (χ4n) is 1.85. The molecule has 0 aliphatic heterocycles. The van der Waals surface area contributed by atoms with Gasteiger partial charge >= 0.3 is 0 Å². The van der Waals surface area contributed by atoms with Crippen molar-refractivity contribution in [3.05, 3.63) is 0 Å². The number of rotatable bonds is 7. The molecular weight excluding hydrogens is 263 g/mol. The Morgan fingerprint density at radius 3 is 2.25 bits per heavy atom. The predicted octanol–water partition coefficient (Wildman–Crippen LogP) is 3.14. The first-order chi connectivity index (χ1) is 5.83. The highest BCUT2D eigenvalue weighted by molar-refractivity contribution is 14.1. The molecule has 1 saturated carbocycles.